The van der Waals surface area contributed by atoms with Crippen molar-refractivity contribution < 1.29 is 28.9 Å². The van der Waals surface area contributed by atoms with Crippen LogP contribution in [0.5, 0.6) is 17.2 Å². The molecule has 0 saturated carbocycles. The zero-order valence-corrected chi connectivity index (χ0v) is 21.4. The van der Waals surface area contributed by atoms with Crippen LogP contribution in [-0.4, -0.2) is 36.7 Å². The fourth-order valence-corrected chi connectivity index (χ4v) is 5.01. The second-order valence-corrected chi connectivity index (χ2v) is 9.40. The van der Waals surface area contributed by atoms with Crippen molar-refractivity contribution in [2.45, 2.75) is 58.5 Å². The fourth-order valence-electron chi connectivity index (χ4n) is 5.01. The Morgan fingerprint density at radius 3 is 2.44 bits per heavy atom. The Hall–Kier alpha value is -3.74. The maximum Gasteiger partial charge on any atom is 0.337 e. The van der Waals surface area contributed by atoms with Crippen molar-refractivity contribution in [1.82, 2.24) is 5.32 Å². The van der Waals surface area contributed by atoms with Gasteiger partial charge < -0.3 is 24.6 Å². The van der Waals surface area contributed by atoms with Crippen LogP contribution in [-0.2, 0) is 14.3 Å². The third kappa shape index (κ3) is 4.96. The van der Waals surface area contributed by atoms with Crippen LogP contribution < -0.4 is 14.8 Å². The molecule has 2 atom stereocenters. The number of phenols is 1. The van der Waals surface area contributed by atoms with E-state index in [1.54, 1.807) is 33.1 Å². The Morgan fingerprint density at radius 1 is 1.11 bits per heavy atom. The molecule has 2 unspecified atom stereocenters. The predicted molar refractivity (Wildman–Crippen MR) is 136 cm³/mol. The summed E-state index contributed by atoms with van der Waals surface area (Å²) >= 11 is 0. The lowest BCUT2D eigenvalue weighted by atomic mass is 9.71. The Morgan fingerprint density at radius 2 is 1.81 bits per heavy atom. The summed E-state index contributed by atoms with van der Waals surface area (Å²) in [5, 5.41) is 13.6. The number of ether oxygens (including phenoxy) is 3. The maximum atomic E-state index is 13.7. The lowest BCUT2D eigenvalue weighted by Gasteiger charge is -2.37. The minimum Gasteiger partial charge on any atom is -0.504 e. The highest BCUT2D eigenvalue weighted by Gasteiger charge is 2.41. The van der Waals surface area contributed by atoms with Crippen molar-refractivity contribution in [3.05, 3.63) is 76.1 Å². The van der Waals surface area contributed by atoms with Gasteiger partial charge in [-0.15, -0.1) is 0 Å². The van der Waals surface area contributed by atoms with E-state index in [0.29, 0.717) is 47.6 Å². The monoisotopic (exact) mass is 491 g/mol. The number of benzene rings is 2. The van der Waals surface area contributed by atoms with Gasteiger partial charge in [0.2, 0.25) is 0 Å². The van der Waals surface area contributed by atoms with Crippen LogP contribution in [0.15, 0.2) is 65.0 Å². The number of dihydropyridines is 1. The summed E-state index contributed by atoms with van der Waals surface area (Å²) in [6.45, 7) is 7.62. The number of rotatable bonds is 7. The molecule has 7 nitrogen and oxygen atoms in total. The van der Waals surface area contributed by atoms with E-state index in [2.05, 4.69) is 5.32 Å². The molecule has 1 aliphatic carbocycles. The van der Waals surface area contributed by atoms with Crippen molar-refractivity contribution in [3.63, 3.8) is 0 Å². The third-order valence-corrected chi connectivity index (χ3v) is 6.59. The molecule has 1 heterocycles. The first-order chi connectivity index (χ1) is 17.2. The number of nitrogens with one attached hydrogen (secondary N) is 1. The van der Waals surface area contributed by atoms with Gasteiger partial charge in [-0.1, -0.05) is 18.2 Å². The number of esters is 1. The topological polar surface area (TPSA) is 94.1 Å². The first-order valence-corrected chi connectivity index (χ1v) is 12.3. The molecule has 36 heavy (non-hydrogen) atoms. The summed E-state index contributed by atoms with van der Waals surface area (Å²) in [6, 6.07) is 12.8. The maximum absolute atomic E-state index is 13.7. The van der Waals surface area contributed by atoms with E-state index in [9.17, 15) is 14.7 Å². The van der Waals surface area contributed by atoms with Crippen LogP contribution in [0, 0.1) is 0 Å². The number of ketones is 1. The Labute approximate surface area is 211 Å². The van der Waals surface area contributed by atoms with Crippen molar-refractivity contribution >= 4 is 11.8 Å². The van der Waals surface area contributed by atoms with Gasteiger partial charge in [0.15, 0.2) is 17.3 Å². The number of hydrogen-bond acceptors (Lipinski definition) is 7. The molecule has 0 saturated heterocycles. The minimum atomic E-state index is -0.628. The number of hydrogen-bond donors (Lipinski definition) is 2. The number of allylic oxidation sites excluding steroid dienone is 3. The molecular formula is C29H33NO6. The number of methoxy groups -OCH3 is 1. The average molecular weight is 492 g/mol. The number of phenolic OH excluding ortho intramolecular Hbond substituents is 1. The van der Waals surface area contributed by atoms with Crippen LogP contribution in [0.3, 0.4) is 0 Å². The Bertz CT molecular complexity index is 1220. The van der Waals surface area contributed by atoms with Crippen LogP contribution in [0.1, 0.15) is 63.5 Å². The molecule has 0 bridgehead atoms. The molecule has 0 aromatic heterocycles. The SMILES string of the molecule is CCOc1cc(C2C(C(=O)OC(C)C)=C(C)NC3=C2C(=O)CC(c2ccc(OC)cc2)C3)ccc1O. The molecule has 190 valence electrons. The van der Waals surface area contributed by atoms with Crippen LogP contribution in [0.4, 0.5) is 0 Å². The normalized spacial score (nSPS) is 19.7. The van der Waals surface area contributed by atoms with Gasteiger partial charge in [0.25, 0.3) is 0 Å². The van der Waals surface area contributed by atoms with Crippen molar-refractivity contribution in [2.75, 3.05) is 13.7 Å². The van der Waals surface area contributed by atoms with Crippen molar-refractivity contribution in [3.8, 4) is 17.2 Å². The molecule has 0 amide bonds. The summed E-state index contributed by atoms with van der Waals surface area (Å²) in [5.41, 5.74) is 4.17. The average Bonchev–Trinajstić information content (AvgIpc) is 2.84. The van der Waals surface area contributed by atoms with Gasteiger partial charge in [0.1, 0.15) is 5.75 Å². The molecule has 2 aliphatic rings. The number of aromatic hydroxyl groups is 1. The van der Waals surface area contributed by atoms with Gasteiger partial charge in [-0.05, 0) is 75.4 Å². The summed E-state index contributed by atoms with van der Waals surface area (Å²) in [5.74, 6) is -0.0379. The van der Waals surface area contributed by atoms with Crippen molar-refractivity contribution in [2.24, 2.45) is 0 Å². The molecular weight excluding hydrogens is 458 g/mol. The Balaban J connectivity index is 1.79. The molecule has 7 heteroatoms. The van der Waals surface area contributed by atoms with Gasteiger partial charge in [-0.2, -0.15) is 0 Å². The fraction of sp³-hybridized carbons (Fsp3) is 0.379. The van der Waals surface area contributed by atoms with Crippen LogP contribution >= 0.6 is 0 Å². The highest BCUT2D eigenvalue weighted by atomic mass is 16.5. The molecule has 2 aromatic carbocycles. The van der Waals surface area contributed by atoms with E-state index < -0.39 is 11.9 Å². The van der Waals surface area contributed by atoms with Gasteiger partial charge in [-0.3, -0.25) is 4.79 Å². The second-order valence-electron chi connectivity index (χ2n) is 9.40. The van der Waals surface area contributed by atoms with Gasteiger partial charge in [-0.25, -0.2) is 4.79 Å². The zero-order chi connectivity index (χ0) is 26.0. The Kier molecular flexibility index (Phi) is 7.38. The molecule has 0 fully saturated rings. The largest absolute Gasteiger partial charge is 0.504 e. The lowest BCUT2D eigenvalue weighted by Crippen LogP contribution is -2.36. The highest BCUT2D eigenvalue weighted by Crippen LogP contribution is 2.47. The molecule has 0 radical (unpaired) electrons. The van der Waals surface area contributed by atoms with Crippen LogP contribution in [0.2, 0.25) is 0 Å². The third-order valence-electron chi connectivity index (χ3n) is 6.59. The number of carbonyl (C=O) groups excluding carboxylic acids is 2. The molecule has 4 rings (SSSR count). The smallest absolute Gasteiger partial charge is 0.337 e. The molecule has 1 aliphatic heterocycles. The summed E-state index contributed by atoms with van der Waals surface area (Å²) < 4.78 is 16.5. The van der Waals surface area contributed by atoms with E-state index in [0.717, 1.165) is 17.0 Å². The molecule has 2 aromatic rings. The second kappa shape index (κ2) is 10.5. The standard InChI is InChI=1S/C29H33NO6/c1-6-35-25-15-19(9-12-23(25)31)27-26(29(33)36-16(2)3)17(4)30-22-13-20(14-24(32)28(22)27)18-7-10-21(34-5)11-8-18/h7-12,15-16,20,27,30-31H,6,13-14H2,1-5H3. The van der Waals surface area contributed by atoms with Gasteiger partial charge in [0, 0.05) is 29.3 Å². The van der Waals surface area contributed by atoms with Crippen molar-refractivity contribution in [1.29, 1.82) is 0 Å². The first kappa shape index (κ1) is 25.4. The van der Waals surface area contributed by atoms with Gasteiger partial charge in [0.05, 0.1) is 25.4 Å². The predicted octanol–water partition coefficient (Wildman–Crippen LogP) is 5.11. The minimum absolute atomic E-state index is 0.00489. The van der Waals surface area contributed by atoms with Crippen LogP contribution in [0.25, 0.3) is 0 Å². The molecule has 0 spiro atoms. The van der Waals surface area contributed by atoms with E-state index in [1.165, 1.54) is 6.07 Å². The molecule has 2 N–H and O–H groups in total. The quantitative estimate of drug-likeness (QED) is 0.520. The first-order valence-electron chi connectivity index (χ1n) is 12.3. The highest BCUT2D eigenvalue weighted by molar-refractivity contribution is 6.04. The zero-order valence-electron chi connectivity index (χ0n) is 21.4. The van der Waals surface area contributed by atoms with E-state index >= 15 is 0 Å². The van der Waals surface area contributed by atoms with E-state index in [-0.39, 0.29) is 23.6 Å². The van der Waals surface area contributed by atoms with E-state index in [4.69, 9.17) is 14.2 Å². The number of Topliss-reactive ketones (excluding diaryl/α,β-unsaturated/α-hetero) is 1. The lowest BCUT2D eigenvalue weighted by molar-refractivity contribution is -0.143. The summed E-state index contributed by atoms with van der Waals surface area (Å²) in [4.78, 5) is 27.0. The van der Waals surface area contributed by atoms with E-state index in [1.807, 2.05) is 38.1 Å². The summed E-state index contributed by atoms with van der Waals surface area (Å²) in [7, 11) is 1.62. The number of carbonyl (C=O) groups is 2. The summed E-state index contributed by atoms with van der Waals surface area (Å²) in [6.07, 6.45) is 0.643. The van der Waals surface area contributed by atoms with Gasteiger partial charge >= 0.3 is 5.97 Å².